The van der Waals surface area contributed by atoms with E-state index in [2.05, 4.69) is 265 Å². The lowest BCUT2D eigenvalue weighted by Crippen LogP contribution is -2.13. The number of nitrogens with zero attached hydrogens (tertiary/aromatic N) is 2. The molecule has 0 radical (unpaired) electrons. The van der Waals surface area contributed by atoms with Crippen LogP contribution in [0.3, 0.4) is 0 Å². The molecule has 0 heterocycles. The molecule has 284 valence electrons. The zero-order valence-electron chi connectivity index (χ0n) is 33.1. The SMILES string of the molecule is c1ccc(-c2ccc(N(c3ccccc3)c3cc(-c4cccc5ccccc45)cc(N(c4ccc(-c5ccccc5)cc4)c4ccc(-c5ccccc5)cc4)c3)cc2)cc1. The molecule has 10 rings (SSSR count). The van der Waals surface area contributed by atoms with Gasteiger partial charge in [0.05, 0.1) is 0 Å². The van der Waals surface area contributed by atoms with E-state index >= 15 is 0 Å². The molecule has 0 aliphatic heterocycles. The maximum absolute atomic E-state index is 2.39. The number of hydrogen-bond donors (Lipinski definition) is 0. The molecule has 0 spiro atoms. The van der Waals surface area contributed by atoms with Crippen molar-refractivity contribution in [3.05, 3.63) is 255 Å². The van der Waals surface area contributed by atoms with Crippen molar-refractivity contribution in [2.75, 3.05) is 9.80 Å². The Morgan fingerprint density at radius 3 is 0.967 bits per heavy atom. The highest BCUT2D eigenvalue weighted by atomic mass is 15.2. The summed E-state index contributed by atoms with van der Waals surface area (Å²) in [5, 5.41) is 2.43. The molecule has 2 heteroatoms. The van der Waals surface area contributed by atoms with Crippen molar-refractivity contribution in [1.29, 1.82) is 0 Å². The second-order valence-electron chi connectivity index (χ2n) is 15.0. The molecule has 0 aliphatic rings. The first-order valence-corrected chi connectivity index (χ1v) is 20.5. The Kier molecular flexibility index (Phi) is 10.0. The molecule has 2 nitrogen and oxygen atoms in total. The number of benzene rings is 10. The topological polar surface area (TPSA) is 6.48 Å². The van der Waals surface area contributed by atoms with E-state index in [1.165, 1.54) is 49.7 Å². The number of rotatable bonds is 10. The molecule has 0 fully saturated rings. The molecule has 10 aromatic carbocycles. The minimum Gasteiger partial charge on any atom is -0.310 e. The van der Waals surface area contributed by atoms with Gasteiger partial charge in [-0.15, -0.1) is 0 Å². The van der Waals surface area contributed by atoms with Crippen LogP contribution in [0.1, 0.15) is 0 Å². The molecule has 10 aromatic rings. The second kappa shape index (κ2) is 16.5. The van der Waals surface area contributed by atoms with Gasteiger partial charge >= 0.3 is 0 Å². The Morgan fingerprint density at radius 1 is 0.200 bits per heavy atom. The summed E-state index contributed by atoms with van der Waals surface area (Å²) in [5.41, 5.74) is 15.8. The lowest BCUT2D eigenvalue weighted by atomic mass is 9.96. The highest BCUT2D eigenvalue weighted by molar-refractivity contribution is 5.99. The van der Waals surface area contributed by atoms with Gasteiger partial charge in [-0.3, -0.25) is 0 Å². The molecular weight excluding hydrogens is 725 g/mol. The van der Waals surface area contributed by atoms with Crippen LogP contribution in [0.15, 0.2) is 255 Å². The molecule has 0 aromatic heterocycles. The first-order valence-electron chi connectivity index (χ1n) is 20.5. The summed E-state index contributed by atoms with van der Waals surface area (Å²) >= 11 is 0. The van der Waals surface area contributed by atoms with Crippen LogP contribution in [0, 0.1) is 0 Å². The Morgan fingerprint density at radius 2 is 0.533 bits per heavy atom. The predicted octanol–water partition coefficient (Wildman–Crippen LogP) is 16.4. The summed E-state index contributed by atoms with van der Waals surface area (Å²) in [5.74, 6) is 0. The fraction of sp³-hybridized carbons (Fsp3) is 0. The van der Waals surface area contributed by atoms with Gasteiger partial charge in [-0.25, -0.2) is 0 Å². The van der Waals surface area contributed by atoms with Crippen molar-refractivity contribution < 1.29 is 0 Å². The molecule has 0 unspecified atom stereocenters. The molecule has 0 amide bonds. The summed E-state index contributed by atoms with van der Waals surface area (Å²) < 4.78 is 0. The van der Waals surface area contributed by atoms with Crippen molar-refractivity contribution >= 4 is 44.9 Å². The Labute approximate surface area is 352 Å². The first-order chi connectivity index (χ1) is 29.7. The molecular formula is C58H42N2. The second-order valence-corrected chi connectivity index (χ2v) is 15.0. The number of fused-ring (bicyclic) bond motifs is 1. The van der Waals surface area contributed by atoms with E-state index in [0.29, 0.717) is 0 Å². The smallest absolute Gasteiger partial charge is 0.0488 e. The number of anilines is 6. The summed E-state index contributed by atoms with van der Waals surface area (Å²) in [4.78, 5) is 4.77. The number of para-hydroxylation sites is 1. The minimum absolute atomic E-state index is 1.05. The highest BCUT2D eigenvalue weighted by Crippen LogP contribution is 2.45. The lowest BCUT2D eigenvalue weighted by Gasteiger charge is -2.30. The van der Waals surface area contributed by atoms with E-state index in [-0.39, 0.29) is 0 Å². The third-order valence-corrected chi connectivity index (χ3v) is 11.2. The van der Waals surface area contributed by atoms with Gasteiger partial charge < -0.3 is 9.80 Å². The predicted molar refractivity (Wildman–Crippen MR) is 255 cm³/mol. The van der Waals surface area contributed by atoms with Crippen LogP contribution in [-0.2, 0) is 0 Å². The van der Waals surface area contributed by atoms with Crippen molar-refractivity contribution in [3.63, 3.8) is 0 Å². The highest BCUT2D eigenvalue weighted by Gasteiger charge is 2.20. The van der Waals surface area contributed by atoms with Crippen LogP contribution < -0.4 is 9.80 Å². The van der Waals surface area contributed by atoms with Crippen molar-refractivity contribution in [2.24, 2.45) is 0 Å². The zero-order chi connectivity index (χ0) is 40.1. The van der Waals surface area contributed by atoms with Gasteiger partial charge in [0.15, 0.2) is 0 Å². The van der Waals surface area contributed by atoms with Crippen molar-refractivity contribution in [2.45, 2.75) is 0 Å². The minimum atomic E-state index is 1.05. The van der Waals surface area contributed by atoms with E-state index in [0.717, 1.165) is 39.7 Å². The van der Waals surface area contributed by atoms with Crippen LogP contribution in [-0.4, -0.2) is 0 Å². The summed E-state index contributed by atoms with van der Waals surface area (Å²) in [6, 6.07) is 91.6. The van der Waals surface area contributed by atoms with Gasteiger partial charge in [0.2, 0.25) is 0 Å². The van der Waals surface area contributed by atoms with Crippen molar-refractivity contribution in [3.8, 4) is 44.5 Å². The Balaban J connectivity index is 1.19. The van der Waals surface area contributed by atoms with Crippen LogP contribution in [0.2, 0.25) is 0 Å². The normalized spacial score (nSPS) is 11.0. The Bertz CT molecular complexity index is 2890. The molecule has 0 saturated heterocycles. The monoisotopic (exact) mass is 766 g/mol. The fourth-order valence-electron chi connectivity index (χ4n) is 8.26. The zero-order valence-corrected chi connectivity index (χ0v) is 33.1. The average molecular weight is 767 g/mol. The van der Waals surface area contributed by atoms with E-state index < -0.39 is 0 Å². The van der Waals surface area contributed by atoms with Gasteiger partial charge in [-0.05, 0) is 122 Å². The molecule has 0 atom stereocenters. The third-order valence-electron chi connectivity index (χ3n) is 11.2. The largest absolute Gasteiger partial charge is 0.310 e. The average Bonchev–Trinajstić information content (AvgIpc) is 3.33. The van der Waals surface area contributed by atoms with Crippen molar-refractivity contribution in [1.82, 2.24) is 0 Å². The molecule has 60 heavy (non-hydrogen) atoms. The first kappa shape index (κ1) is 36.4. The summed E-state index contributed by atoms with van der Waals surface area (Å²) in [7, 11) is 0. The van der Waals surface area contributed by atoms with Gasteiger partial charge in [-0.1, -0.05) is 188 Å². The number of hydrogen-bond acceptors (Lipinski definition) is 2. The van der Waals surface area contributed by atoms with Gasteiger partial charge in [0.25, 0.3) is 0 Å². The van der Waals surface area contributed by atoms with Crippen LogP contribution >= 0.6 is 0 Å². The van der Waals surface area contributed by atoms with E-state index in [9.17, 15) is 0 Å². The maximum atomic E-state index is 2.39. The standard InChI is InChI=1S/C58H42N2/c1-5-16-43(17-6-1)46-28-34-52(35-29-46)59(51-24-11-4-12-25-51)55-40-50(58-27-15-23-49-22-13-14-26-57(49)58)41-56(42-55)60(53-36-30-47(31-37-53)44-18-7-2-8-19-44)54-38-32-48(33-39-54)45-20-9-3-10-21-45/h1-42H. The molecule has 0 aliphatic carbocycles. The summed E-state index contributed by atoms with van der Waals surface area (Å²) in [6.45, 7) is 0. The maximum Gasteiger partial charge on any atom is 0.0488 e. The quantitative estimate of drug-likeness (QED) is 0.137. The van der Waals surface area contributed by atoms with Crippen LogP contribution in [0.5, 0.6) is 0 Å². The van der Waals surface area contributed by atoms with Gasteiger partial charge in [0, 0.05) is 34.1 Å². The van der Waals surface area contributed by atoms with Gasteiger partial charge in [-0.2, -0.15) is 0 Å². The molecule has 0 N–H and O–H groups in total. The molecule has 0 bridgehead atoms. The summed E-state index contributed by atoms with van der Waals surface area (Å²) in [6.07, 6.45) is 0. The lowest BCUT2D eigenvalue weighted by molar-refractivity contribution is 1.25. The van der Waals surface area contributed by atoms with E-state index in [1.807, 2.05) is 0 Å². The van der Waals surface area contributed by atoms with Crippen LogP contribution in [0.4, 0.5) is 34.1 Å². The molecule has 0 saturated carbocycles. The fourth-order valence-corrected chi connectivity index (χ4v) is 8.26. The van der Waals surface area contributed by atoms with Gasteiger partial charge in [0.1, 0.15) is 0 Å². The Hall–Kier alpha value is -7.94. The van der Waals surface area contributed by atoms with E-state index in [1.54, 1.807) is 0 Å². The van der Waals surface area contributed by atoms with Crippen LogP contribution in [0.25, 0.3) is 55.3 Å². The third kappa shape index (κ3) is 7.46. The van der Waals surface area contributed by atoms with E-state index in [4.69, 9.17) is 0 Å².